The summed E-state index contributed by atoms with van der Waals surface area (Å²) >= 11 is 1.71. The van der Waals surface area contributed by atoms with Gasteiger partial charge in [-0.25, -0.2) is 4.98 Å². The van der Waals surface area contributed by atoms with Crippen LogP contribution in [0.1, 0.15) is 41.3 Å². The quantitative estimate of drug-likeness (QED) is 0.644. The Morgan fingerprint density at radius 3 is 2.71 bits per heavy atom. The number of aliphatic imine (C=N–C) groups is 1. The molecule has 1 aliphatic carbocycles. The van der Waals surface area contributed by atoms with Crippen LogP contribution in [-0.2, 0) is 11.3 Å². The van der Waals surface area contributed by atoms with Crippen molar-refractivity contribution in [3.63, 3.8) is 0 Å². The summed E-state index contributed by atoms with van der Waals surface area (Å²) in [7, 11) is 5.45. The highest BCUT2D eigenvalue weighted by Crippen LogP contribution is 2.25. The third kappa shape index (κ3) is 4.93. The summed E-state index contributed by atoms with van der Waals surface area (Å²) in [6, 6.07) is 0.295. The van der Waals surface area contributed by atoms with Gasteiger partial charge in [-0.3, -0.25) is 9.79 Å². The van der Waals surface area contributed by atoms with Crippen LogP contribution in [0.4, 0.5) is 0 Å². The van der Waals surface area contributed by atoms with Crippen LogP contribution in [0.5, 0.6) is 0 Å². The molecule has 0 saturated heterocycles. The molecule has 24 heavy (non-hydrogen) atoms. The van der Waals surface area contributed by atoms with E-state index in [1.54, 1.807) is 23.3 Å². The van der Waals surface area contributed by atoms with Crippen molar-refractivity contribution in [3.8, 4) is 0 Å². The van der Waals surface area contributed by atoms with E-state index in [1.165, 1.54) is 4.88 Å². The van der Waals surface area contributed by atoms with Crippen LogP contribution in [0.3, 0.4) is 0 Å². The number of amides is 1. The predicted octanol–water partition coefficient (Wildman–Crippen LogP) is 2.07. The van der Waals surface area contributed by atoms with Gasteiger partial charge in [0, 0.05) is 38.0 Å². The number of hydrogen-bond donors (Lipinski definition) is 2. The van der Waals surface area contributed by atoms with Crippen molar-refractivity contribution >= 4 is 23.2 Å². The van der Waals surface area contributed by atoms with Crippen molar-refractivity contribution in [1.82, 2.24) is 20.5 Å². The molecule has 2 unspecified atom stereocenters. The van der Waals surface area contributed by atoms with E-state index >= 15 is 0 Å². The van der Waals surface area contributed by atoms with Crippen LogP contribution >= 0.6 is 11.3 Å². The molecule has 0 bridgehead atoms. The maximum absolute atomic E-state index is 12.2. The van der Waals surface area contributed by atoms with Crippen LogP contribution in [0.15, 0.2) is 4.99 Å². The second-order valence-corrected chi connectivity index (χ2v) is 7.89. The molecule has 1 aromatic rings. The Morgan fingerprint density at radius 1 is 1.38 bits per heavy atom. The molecule has 1 saturated carbocycles. The minimum atomic E-state index is 0.121. The summed E-state index contributed by atoms with van der Waals surface area (Å²) in [5, 5.41) is 7.93. The Hall–Kier alpha value is -1.63. The maximum atomic E-state index is 12.2. The van der Waals surface area contributed by atoms with E-state index in [9.17, 15) is 4.79 Å². The first-order chi connectivity index (χ1) is 11.4. The van der Waals surface area contributed by atoms with Crippen molar-refractivity contribution in [2.24, 2.45) is 10.9 Å². The van der Waals surface area contributed by atoms with Crippen LogP contribution in [-0.4, -0.2) is 48.9 Å². The largest absolute Gasteiger partial charge is 0.354 e. The SMILES string of the molecule is CN=C(NCc1sc(C)nc1C)NC1CCCC(C(=O)N(C)C)C1. The van der Waals surface area contributed by atoms with Crippen molar-refractivity contribution in [2.45, 2.75) is 52.1 Å². The number of aromatic nitrogens is 1. The minimum Gasteiger partial charge on any atom is -0.354 e. The summed E-state index contributed by atoms with van der Waals surface area (Å²) in [6.07, 6.45) is 4.01. The van der Waals surface area contributed by atoms with Gasteiger partial charge in [-0.2, -0.15) is 0 Å². The number of hydrogen-bond acceptors (Lipinski definition) is 4. The number of aryl methyl sites for hydroxylation is 2. The monoisotopic (exact) mass is 351 g/mol. The molecule has 0 radical (unpaired) electrons. The molecular formula is C17H29N5OS. The molecule has 0 aliphatic heterocycles. The zero-order valence-corrected chi connectivity index (χ0v) is 16.2. The Morgan fingerprint density at radius 2 is 2.12 bits per heavy atom. The number of rotatable bonds is 4. The first-order valence-corrected chi connectivity index (χ1v) is 9.33. The average Bonchev–Trinajstić information content (AvgIpc) is 2.88. The first-order valence-electron chi connectivity index (χ1n) is 8.52. The summed E-state index contributed by atoms with van der Waals surface area (Å²) < 4.78 is 0. The van der Waals surface area contributed by atoms with Gasteiger partial charge in [-0.05, 0) is 33.1 Å². The normalized spacial score (nSPS) is 21.5. The van der Waals surface area contributed by atoms with Gasteiger partial charge in [0.15, 0.2) is 5.96 Å². The molecule has 0 spiro atoms. The van der Waals surface area contributed by atoms with E-state index in [-0.39, 0.29) is 11.8 Å². The molecule has 1 fully saturated rings. The summed E-state index contributed by atoms with van der Waals surface area (Å²) in [6.45, 7) is 4.79. The third-order valence-electron chi connectivity index (χ3n) is 4.44. The summed E-state index contributed by atoms with van der Waals surface area (Å²) in [5.74, 6) is 1.15. The second kappa shape index (κ2) is 8.46. The lowest BCUT2D eigenvalue weighted by Crippen LogP contribution is -2.46. The Labute approximate surface area is 148 Å². The fourth-order valence-electron chi connectivity index (χ4n) is 3.20. The lowest BCUT2D eigenvalue weighted by Gasteiger charge is -2.31. The van der Waals surface area contributed by atoms with Gasteiger partial charge < -0.3 is 15.5 Å². The molecule has 134 valence electrons. The van der Waals surface area contributed by atoms with Crippen molar-refractivity contribution in [1.29, 1.82) is 0 Å². The van der Waals surface area contributed by atoms with Crippen molar-refractivity contribution < 1.29 is 4.79 Å². The molecule has 6 nitrogen and oxygen atoms in total. The van der Waals surface area contributed by atoms with Gasteiger partial charge in [0.25, 0.3) is 0 Å². The number of nitrogens with one attached hydrogen (secondary N) is 2. The van der Waals surface area contributed by atoms with Gasteiger partial charge in [0.1, 0.15) is 0 Å². The summed E-state index contributed by atoms with van der Waals surface area (Å²) in [5.41, 5.74) is 1.08. The number of guanidine groups is 1. The van der Waals surface area contributed by atoms with Gasteiger partial charge in [0.05, 0.1) is 17.2 Å². The highest BCUT2D eigenvalue weighted by atomic mass is 32.1. The van der Waals surface area contributed by atoms with Gasteiger partial charge in [0.2, 0.25) is 5.91 Å². The Balaban J connectivity index is 1.88. The Kier molecular flexibility index (Phi) is 6.60. The third-order valence-corrected chi connectivity index (χ3v) is 5.52. The average molecular weight is 352 g/mol. The number of thiazole rings is 1. The maximum Gasteiger partial charge on any atom is 0.225 e. The van der Waals surface area contributed by atoms with Crippen molar-refractivity contribution in [3.05, 3.63) is 15.6 Å². The lowest BCUT2D eigenvalue weighted by atomic mass is 9.85. The van der Waals surface area contributed by atoms with Gasteiger partial charge in [-0.15, -0.1) is 11.3 Å². The van der Waals surface area contributed by atoms with Crippen LogP contribution in [0.2, 0.25) is 0 Å². The van der Waals surface area contributed by atoms with Crippen LogP contribution < -0.4 is 10.6 Å². The molecule has 1 amide bonds. The number of carbonyl (C=O) groups excluding carboxylic acids is 1. The van der Waals surface area contributed by atoms with E-state index in [0.29, 0.717) is 6.04 Å². The molecule has 2 atom stereocenters. The molecule has 2 rings (SSSR count). The van der Waals surface area contributed by atoms with Crippen LogP contribution in [0.25, 0.3) is 0 Å². The van der Waals surface area contributed by atoms with Gasteiger partial charge >= 0.3 is 0 Å². The topological polar surface area (TPSA) is 69.6 Å². The molecular weight excluding hydrogens is 322 g/mol. The fraction of sp³-hybridized carbons (Fsp3) is 0.706. The van der Waals surface area contributed by atoms with E-state index in [1.807, 2.05) is 27.9 Å². The van der Waals surface area contributed by atoms with Crippen LogP contribution in [0, 0.1) is 19.8 Å². The van der Waals surface area contributed by atoms with E-state index in [0.717, 1.165) is 48.9 Å². The molecule has 2 N–H and O–H groups in total. The molecule has 1 aliphatic rings. The Bertz CT molecular complexity index is 596. The van der Waals surface area contributed by atoms with E-state index in [2.05, 4.69) is 20.6 Å². The van der Waals surface area contributed by atoms with Crippen molar-refractivity contribution in [2.75, 3.05) is 21.1 Å². The number of carbonyl (C=O) groups is 1. The first kappa shape index (κ1) is 18.7. The fourth-order valence-corrected chi connectivity index (χ4v) is 4.08. The number of nitrogens with zero attached hydrogens (tertiary/aromatic N) is 3. The summed E-state index contributed by atoms with van der Waals surface area (Å²) in [4.78, 5) is 23.9. The predicted molar refractivity (Wildman–Crippen MR) is 99.4 cm³/mol. The molecule has 1 heterocycles. The highest BCUT2D eigenvalue weighted by molar-refractivity contribution is 7.11. The standard InChI is InChI=1S/C17H29N5OS/c1-11-15(24-12(2)20-11)10-19-17(18-3)21-14-8-6-7-13(9-14)16(23)22(4)5/h13-14H,6-10H2,1-5H3,(H2,18,19,21). The zero-order valence-electron chi connectivity index (χ0n) is 15.3. The van der Waals surface area contributed by atoms with Gasteiger partial charge in [-0.1, -0.05) is 6.42 Å². The van der Waals surface area contributed by atoms with E-state index < -0.39 is 0 Å². The molecule has 7 heteroatoms. The minimum absolute atomic E-state index is 0.121. The second-order valence-electron chi connectivity index (χ2n) is 6.60. The highest BCUT2D eigenvalue weighted by Gasteiger charge is 2.28. The smallest absolute Gasteiger partial charge is 0.225 e. The molecule has 0 aromatic carbocycles. The molecule has 1 aromatic heterocycles. The lowest BCUT2D eigenvalue weighted by molar-refractivity contribution is -0.134. The zero-order chi connectivity index (χ0) is 17.7. The van der Waals surface area contributed by atoms with E-state index in [4.69, 9.17) is 0 Å².